The third kappa shape index (κ3) is 2.40. The highest BCUT2D eigenvalue weighted by atomic mass is 15.0. The number of hydrogen-bond donors (Lipinski definition) is 1. The molecule has 4 unspecified atom stereocenters. The van der Waals surface area contributed by atoms with Crippen LogP contribution in [0.15, 0.2) is 0 Å². The molecule has 2 aliphatic carbocycles. The maximum absolute atomic E-state index is 9.11. The molecule has 0 aromatic rings. The standard InChI is InChI=1S/C14H24N2/c1-10-5-3-6-11(2)14(10)16-13-8-4-7-12(13)9-15/h10-14,16H,3-8H2,1-2H3. The second-order valence-electron chi connectivity index (χ2n) is 5.85. The summed E-state index contributed by atoms with van der Waals surface area (Å²) in [6.07, 6.45) is 7.62. The van der Waals surface area contributed by atoms with E-state index >= 15 is 0 Å². The maximum atomic E-state index is 9.11. The van der Waals surface area contributed by atoms with Crippen LogP contribution in [0.3, 0.4) is 0 Å². The Balaban J connectivity index is 1.94. The van der Waals surface area contributed by atoms with Gasteiger partial charge in [-0.2, -0.15) is 5.26 Å². The lowest BCUT2D eigenvalue weighted by molar-refractivity contribution is 0.187. The minimum Gasteiger partial charge on any atom is -0.309 e. The number of nitrogens with one attached hydrogen (secondary N) is 1. The van der Waals surface area contributed by atoms with Crippen molar-refractivity contribution in [2.24, 2.45) is 17.8 Å². The van der Waals surface area contributed by atoms with Gasteiger partial charge in [0.05, 0.1) is 12.0 Å². The van der Waals surface area contributed by atoms with Crippen molar-refractivity contribution in [3.63, 3.8) is 0 Å². The molecule has 2 saturated carbocycles. The first kappa shape index (κ1) is 11.9. The van der Waals surface area contributed by atoms with Crippen molar-refractivity contribution in [3.05, 3.63) is 0 Å². The summed E-state index contributed by atoms with van der Waals surface area (Å²) in [5.74, 6) is 1.83. The van der Waals surface area contributed by atoms with E-state index in [1.165, 1.54) is 32.1 Å². The zero-order valence-corrected chi connectivity index (χ0v) is 10.6. The first-order chi connectivity index (χ1) is 7.72. The van der Waals surface area contributed by atoms with Gasteiger partial charge in [0.15, 0.2) is 0 Å². The van der Waals surface area contributed by atoms with Crippen molar-refractivity contribution in [1.29, 1.82) is 5.26 Å². The predicted octanol–water partition coefficient (Wildman–Crippen LogP) is 3.09. The van der Waals surface area contributed by atoms with Gasteiger partial charge in [0.1, 0.15) is 0 Å². The van der Waals surface area contributed by atoms with E-state index in [9.17, 15) is 0 Å². The number of nitriles is 1. The number of hydrogen-bond acceptors (Lipinski definition) is 2. The topological polar surface area (TPSA) is 35.8 Å². The van der Waals surface area contributed by atoms with Gasteiger partial charge >= 0.3 is 0 Å². The van der Waals surface area contributed by atoms with Crippen molar-refractivity contribution in [2.45, 2.75) is 64.5 Å². The molecule has 2 nitrogen and oxygen atoms in total. The number of rotatable bonds is 2. The van der Waals surface area contributed by atoms with Crippen molar-refractivity contribution in [2.75, 3.05) is 0 Å². The molecule has 1 N–H and O–H groups in total. The maximum Gasteiger partial charge on any atom is 0.0672 e. The Morgan fingerprint density at radius 2 is 1.62 bits per heavy atom. The van der Waals surface area contributed by atoms with E-state index in [4.69, 9.17) is 5.26 Å². The van der Waals surface area contributed by atoms with Gasteiger partial charge in [0.2, 0.25) is 0 Å². The molecule has 2 heteroatoms. The van der Waals surface area contributed by atoms with Gasteiger partial charge in [-0.1, -0.05) is 26.7 Å². The van der Waals surface area contributed by atoms with Gasteiger partial charge in [-0.05, 0) is 37.5 Å². The van der Waals surface area contributed by atoms with Crippen LogP contribution in [0, 0.1) is 29.1 Å². The second-order valence-corrected chi connectivity index (χ2v) is 5.85. The van der Waals surface area contributed by atoms with E-state index in [-0.39, 0.29) is 5.92 Å². The molecule has 4 atom stereocenters. The highest BCUT2D eigenvalue weighted by molar-refractivity contribution is 4.99. The molecule has 90 valence electrons. The van der Waals surface area contributed by atoms with Crippen LogP contribution in [-0.4, -0.2) is 12.1 Å². The molecule has 0 aliphatic heterocycles. The van der Waals surface area contributed by atoms with Gasteiger partial charge < -0.3 is 5.32 Å². The van der Waals surface area contributed by atoms with Gasteiger partial charge in [0, 0.05) is 12.1 Å². The third-order valence-corrected chi connectivity index (χ3v) is 4.63. The van der Waals surface area contributed by atoms with Crippen molar-refractivity contribution >= 4 is 0 Å². The van der Waals surface area contributed by atoms with Crippen LogP contribution in [0.2, 0.25) is 0 Å². The average molecular weight is 220 g/mol. The average Bonchev–Trinajstić information content (AvgIpc) is 2.71. The highest BCUT2D eigenvalue weighted by Crippen LogP contribution is 2.32. The van der Waals surface area contributed by atoms with E-state index < -0.39 is 0 Å². The van der Waals surface area contributed by atoms with Crippen molar-refractivity contribution in [1.82, 2.24) is 5.32 Å². The number of nitrogens with zero attached hydrogens (tertiary/aromatic N) is 1. The van der Waals surface area contributed by atoms with E-state index in [0.29, 0.717) is 12.1 Å². The van der Waals surface area contributed by atoms with E-state index in [2.05, 4.69) is 25.2 Å². The Kier molecular flexibility index (Phi) is 3.86. The summed E-state index contributed by atoms with van der Waals surface area (Å²) in [5, 5.41) is 12.9. The zero-order chi connectivity index (χ0) is 11.5. The minimum absolute atomic E-state index is 0.265. The zero-order valence-electron chi connectivity index (χ0n) is 10.6. The smallest absolute Gasteiger partial charge is 0.0672 e. The van der Waals surface area contributed by atoms with Gasteiger partial charge in [0.25, 0.3) is 0 Å². The lowest BCUT2D eigenvalue weighted by Gasteiger charge is -2.37. The quantitative estimate of drug-likeness (QED) is 0.776. The molecule has 0 aromatic heterocycles. The van der Waals surface area contributed by atoms with Crippen LogP contribution in [-0.2, 0) is 0 Å². The van der Waals surface area contributed by atoms with E-state index in [0.717, 1.165) is 18.3 Å². The molecule has 0 bridgehead atoms. The molecule has 0 saturated heterocycles. The van der Waals surface area contributed by atoms with Crippen LogP contribution in [0.1, 0.15) is 52.4 Å². The fourth-order valence-corrected chi connectivity index (χ4v) is 3.57. The summed E-state index contributed by atoms with van der Waals surface area (Å²) in [5.41, 5.74) is 0. The van der Waals surface area contributed by atoms with Crippen LogP contribution < -0.4 is 5.32 Å². The summed E-state index contributed by atoms with van der Waals surface area (Å²) >= 11 is 0. The first-order valence-corrected chi connectivity index (χ1v) is 6.88. The molecular formula is C14H24N2. The van der Waals surface area contributed by atoms with Crippen LogP contribution in [0.5, 0.6) is 0 Å². The molecule has 2 fully saturated rings. The monoisotopic (exact) mass is 220 g/mol. The molecule has 2 aliphatic rings. The van der Waals surface area contributed by atoms with Crippen LogP contribution >= 0.6 is 0 Å². The molecule has 0 heterocycles. The summed E-state index contributed by atoms with van der Waals surface area (Å²) in [6.45, 7) is 4.73. The molecule has 0 amide bonds. The second kappa shape index (κ2) is 5.19. The Labute approximate surface area is 99.4 Å². The summed E-state index contributed by atoms with van der Waals surface area (Å²) in [7, 11) is 0. The van der Waals surface area contributed by atoms with E-state index in [1.807, 2.05) is 0 Å². The minimum atomic E-state index is 0.265. The van der Waals surface area contributed by atoms with E-state index in [1.54, 1.807) is 0 Å². The normalized spacial score (nSPS) is 44.2. The fourth-order valence-electron chi connectivity index (χ4n) is 3.57. The summed E-state index contributed by atoms with van der Waals surface area (Å²) in [6, 6.07) is 3.59. The predicted molar refractivity (Wildman–Crippen MR) is 65.8 cm³/mol. The summed E-state index contributed by atoms with van der Waals surface area (Å²) < 4.78 is 0. The summed E-state index contributed by atoms with van der Waals surface area (Å²) in [4.78, 5) is 0. The van der Waals surface area contributed by atoms with Crippen molar-refractivity contribution in [3.8, 4) is 6.07 Å². The molecule has 2 rings (SSSR count). The fraction of sp³-hybridized carbons (Fsp3) is 0.929. The molecule has 0 radical (unpaired) electrons. The Bertz CT molecular complexity index is 258. The SMILES string of the molecule is CC1CCCC(C)C1NC1CCCC1C#N. The van der Waals surface area contributed by atoms with Crippen LogP contribution in [0.25, 0.3) is 0 Å². The largest absolute Gasteiger partial charge is 0.309 e. The molecule has 0 aromatic carbocycles. The Hall–Kier alpha value is -0.550. The van der Waals surface area contributed by atoms with Crippen molar-refractivity contribution < 1.29 is 0 Å². The molecule has 0 spiro atoms. The first-order valence-electron chi connectivity index (χ1n) is 6.88. The lowest BCUT2D eigenvalue weighted by Crippen LogP contribution is -2.48. The Morgan fingerprint density at radius 3 is 2.25 bits per heavy atom. The molecular weight excluding hydrogens is 196 g/mol. The highest BCUT2D eigenvalue weighted by Gasteiger charge is 2.34. The third-order valence-electron chi connectivity index (χ3n) is 4.63. The van der Waals surface area contributed by atoms with Crippen LogP contribution in [0.4, 0.5) is 0 Å². The van der Waals surface area contributed by atoms with Gasteiger partial charge in [-0.15, -0.1) is 0 Å². The molecule has 16 heavy (non-hydrogen) atoms. The van der Waals surface area contributed by atoms with Gasteiger partial charge in [-0.3, -0.25) is 0 Å². The lowest BCUT2D eigenvalue weighted by atomic mass is 9.78. The Morgan fingerprint density at radius 1 is 1.00 bits per heavy atom. The van der Waals surface area contributed by atoms with Gasteiger partial charge in [-0.25, -0.2) is 0 Å².